The maximum Gasteiger partial charge on any atom is 0.127 e. The number of benzene rings is 2. The summed E-state index contributed by atoms with van der Waals surface area (Å²) in [5.41, 5.74) is 4.78. The predicted octanol–water partition coefficient (Wildman–Crippen LogP) is 5.47. The summed E-state index contributed by atoms with van der Waals surface area (Å²) in [7, 11) is 0. The predicted molar refractivity (Wildman–Crippen MR) is 86.0 cm³/mol. The van der Waals surface area contributed by atoms with Gasteiger partial charge in [0.15, 0.2) is 0 Å². The van der Waals surface area contributed by atoms with Gasteiger partial charge in [0.05, 0.1) is 11.2 Å². The third-order valence-electron chi connectivity index (χ3n) is 3.74. The van der Waals surface area contributed by atoms with E-state index in [1.807, 2.05) is 44.2 Å². The zero-order valence-corrected chi connectivity index (χ0v) is 12.5. The maximum absolute atomic E-state index is 14.0. The molecule has 2 heteroatoms. The van der Waals surface area contributed by atoms with Gasteiger partial charge in [-0.15, -0.1) is 0 Å². The number of nitrogens with zero attached hydrogens (tertiary/aromatic N) is 1. The monoisotopic (exact) mass is 279 g/mol. The normalized spacial score (nSPS) is 11.3. The van der Waals surface area contributed by atoms with Crippen LogP contribution in [0.15, 0.2) is 48.5 Å². The second-order valence-corrected chi connectivity index (χ2v) is 5.79. The zero-order chi connectivity index (χ0) is 15.0. The summed E-state index contributed by atoms with van der Waals surface area (Å²) in [5, 5.41) is 0.841. The number of pyridine rings is 1. The van der Waals surface area contributed by atoms with Crippen molar-refractivity contribution in [1.29, 1.82) is 0 Å². The topological polar surface area (TPSA) is 12.9 Å². The molecule has 106 valence electrons. The molecular weight excluding hydrogens is 261 g/mol. The molecule has 0 fully saturated rings. The van der Waals surface area contributed by atoms with Crippen LogP contribution in [-0.4, -0.2) is 4.98 Å². The summed E-state index contributed by atoms with van der Waals surface area (Å²) >= 11 is 0. The van der Waals surface area contributed by atoms with Crippen LogP contribution < -0.4 is 0 Å². The number of hydrogen-bond donors (Lipinski definition) is 0. The van der Waals surface area contributed by atoms with Crippen LogP contribution in [-0.2, 0) is 0 Å². The fourth-order valence-corrected chi connectivity index (χ4v) is 2.57. The van der Waals surface area contributed by atoms with Gasteiger partial charge in [-0.2, -0.15) is 0 Å². The molecule has 0 atom stereocenters. The van der Waals surface area contributed by atoms with Crippen molar-refractivity contribution in [2.75, 3.05) is 0 Å². The van der Waals surface area contributed by atoms with Gasteiger partial charge in [0.2, 0.25) is 0 Å². The number of hydrogen-bond acceptors (Lipinski definition) is 1. The van der Waals surface area contributed by atoms with Crippen molar-refractivity contribution in [2.24, 2.45) is 0 Å². The number of aryl methyl sites for hydroxylation is 1. The van der Waals surface area contributed by atoms with Gasteiger partial charge in [0.1, 0.15) is 5.82 Å². The molecule has 0 saturated carbocycles. The summed E-state index contributed by atoms with van der Waals surface area (Å²) < 4.78 is 14.0. The van der Waals surface area contributed by atoms with E-state index in [2.05, 4.69) is 19.1 Å². The highest BCUT2D eigenvalue weighted by Crippen LogP contribution is 2.26. The molecule has 0 aliphatic carbocycles. The molecule has 0 spiro atoms. The Labute approximate surface area is 124 Å². The van der Waals surface area contributed by atoms with Crippen molar-refractivity contribution in [1.82, 2.24) is 4.98 Å². The Kier molecular flexibility index (Phi) is 3.46. The first-order valence-corrected chi connectivity index (χ1v) is 7.22. The first kappa shape index (κ1) is 13.7. The fraction of sp³-hybridized carbons (Fsp3) is 0.211. The van der Waals surface area contributed by atoms with E-state index in [1.165, 1.54) is 5.56 Å². The Morgan fingerprint density at radius 3 is 2.52 bits per heavy atom. The summed E-state index contributed by atoms with van der Waals surface area (Å²) in [5.74, 6) is 0.00133. The molecule has 1 nitrogen and oxygen atoms in total. The molecular formula is C19H18FN. The summed E-state index contributed by atoms with van der Waals surface area (Å²) in [6.45, 7) is 6.06. The zero-order valence-electron chi connectivity index (χ0n) is 12.5. The highest BCUT2D eigenvalue weighted by Gasteiger charge is 2.10. The molecule has 0 radical (unpaired) electrons. The lowest BCUT2D eigenvalue weighted by molar-refractivity contribution is 0.600. The lowest BCUT2D eigenvalue weighted by atomic mass is 10.00. The van der Waals surface area contributed by atoms with Crippen LogP contribution in [0.1, 0.15) is 30.9 Å². The number of fused-ring (bicyclic) bond motifs is 1. The Hall–Kier alpha value is -2.22. The van der Waals surface area contributed by atoms with E-state index in [0.29, 0.717) is 0 Å². The first-order valence-electron chi connectivity index (χ1n) is 7.22. The van der Waals surface area contributed by atoms with Crippen LogP contribution in [0, 0.1) is 12.7 Å². The average Bonchev–Trinajstić information content (AvgIpc) is 2.46. The molecule has 1 heterocycles. The van der Waals surface area contributed by atoms with E-state index in [0.717, 1.165) is 27.7 Å². The van der Waals surface area contributed by atoms with Gasteiger partial charge in [0, 0.05) is 10.9 Å². The van der Waals surface area contributed by atoms with Crippen LogP contribution >= 0.6 is 0 Å². The van der Waals surface area contributed by atoms with Gasteiger partial charge in [0.25, 0.3) is 0 Å². The highest BCUT2D eigenvalue weighted by molar-refractivity contribution is 5.82. The summed E-state index contributed by atoms with van der Waals surface area (Å²) in [6.07, 6.45) is 0. The third kappa shape index (κ3) is 2.66. The van der Waals surface area contributed by atoms with E-state index >= 15 is 0 Å². The van der Waals surface area contributed by atoms with E-state index in [4.69, 9.17) is 4.98 Å². The van der Waals surface area contributed by atoms with Crippen molar-refractivity contribution >= 4 is 10.9 Å². The van der Waals surface area contributed by atoms with Crippen LogP contribution in [0.25, 0.3) is 22.2 Å². The molecule has 0 unspecified atom stereocenters. The van der Waals surface area contributed by atoms with Crippen molar-refractivity contribution in [3.8, 4) is 11.3 Å². The van der Waals surface area contributed by atoms with E-state index in [-0.39, 0.29) is 11.7 Å². The summed E-state index contributed by atoms with van der Waals surface area (Å²) in [6, 6.07) is 15.6. The van der Waals surface area contributed by atoms with Gasteiger partial charge in [-0.25, -0.2) is 9.37 Å². The van der Waals surface area contributed by atoms with Crippen molar-refractivity contribution in [3.63, 3.8) is 0 Å². The first-order chi connectivity index (χ1) is 10.0. The van der Waals surface area contributed by atoms with Gasteiger partial charge in [-0.3, -0.25) is 0 Å². The van der Waals surface area contributed by atoms with Gasteiger partial charge >= 0.3 is 0 Å². The lowest BCUT2D eigenvalue weighted by Gasteiger charge is -2.10. The van der Waals surface area contributed by atoms with Crippen molar-refractivity contribution < 1.29 is 4.39 Å². The van der Waals surface area contributed by atoms with Crippen LogP contribution in [0.2, 0.25) is 0 Å². The van der Waals surface area contributed by atoms with Crippen molar-refractivity contribution in [2.45, 2.75) is 26.7 Å². The Balaban J connectivity index is 2.17. The second kappa shape index (κ2) is 5.28. The number of aromatic nitrogens is 1. The molecule has 1 aromatic heterocycles. The van der Waals surface area contributed by atoms with Crippen molar-refractivity contribution in [3.05, 3.63) is 65.5 Å². The lowest BCUT2D eigenvalue weighted by Crippen LogP contribution is -1.95. The molecule has 0 aliphatic rings. The van der Waals surface area contributed by atoms with Crippen LogP contribution in [0.3, 0.4) is 0 Å². The largest absolute Gasteiger partial charge is 0.248 e. The van der Waals surface area contributed by atoms with E-state index in [9.17, 15) is 4.39 Å². The Morgan fingerprint density at radius 1 is 1.00 bits per heavy atom. The van der Waals surface area contributed by atoms with E-state index in [1.54, 1.807) is 6.07 Å². The Bertz CT molecular complexity index is 806. The van der Waals surface area contributed by atoms with Gasteiger partial charge in [-0.05, 0) is 42.7 Å². The average molecular weight is 279 g/mol. The molecule has 0 bridgehead atoms. The quantitative estimate of drug-likeness (QED) is 0.606. The highest BCUT2D eigenvalue weighted by atomic mass is 19.1. The second-order valence-electron chi connectivity index (χ2n) is 5.79. The smallest absolute Gasteiger partial charge is 0.127 e. The molecule has 0 aliphatic heterocycles. The molecule has 0 amide bonds. The van der Waals surface area contributed by atoms with Gasteiger partial charge in [-0.1, -0.05) is 43.7 Å². The molecule has 2 aromatic carbocycles. The molecule has 0 N–H and O–H groups in total. The minimum atomic E-state index is -0.150. The van der Waals surface area contributed by atoms with E-state index < -0.39 is 0 Å². The number of halogens is 1. The third-order valence-corrected chi connectivity index (χ3v) is 3.74. The molecule has 3 aromatic rings. The molecule has 0 saturated heterocycles. The standard InChI is InChI=1S/C19H18FN/c1-12(2)16-11-19-15(10-17(16)20)7-8-18(21-19)14-6-4-5-13(3)9-14/h4-12H,1-3H3. The minimum Gasteiger partial charge on any atom is -0.248 e. The van der Waals surface area contributed by atoms with Gasteiger partial charge < -0.3 is 0 Å². The molecule has 3 rings (SSSR count). The number of rotatable bonds is 2. The van der Waals surface area contributed by atoms with Crippen LogP contribution in [0.5, 0.6) is 0 Å². The van der Waals surface area contributed by atoms with Crippen LogP contribution in [0.4, 0.5) is 4.39 Å². The Morgan fingerprint density at radius 2 is 1.81 bits per heavy atom. The SMILES string of the molecule is Cc1cccc(-c2ccc3cc(F)c(C(C)C)cc3n2)c1. The maximum atomic E-state index is 14.0. The summed E-state index contributed by atoms with van der Waals surface area (Å²) in [4.78, 5) is 4.70. The fourth-order valence-electron chi connectivity index (χ4n) is 2.57. The minimum absolute atomic E-state index is 0.150. The molecule has 21 heavy (non-hydrogen) atoms.